The fraction of sp³-hybridized carbons (Fsp3) is 0.465. The van der Waals surface area contributed by atoms with Crippen molar-refractivity contribution >= 4 is 50.8 Å². The molecule has 59 heavy (non-hydrogen) atoms. The summed E-state index contributed by atoms with van der Waals surface area (Å²) in [7, 11) is -2.35. The number of benzene rings is 2. The molecule has 0 radical (unpaired) electrons. The average molecular weight is 830 g/mol. The predicted octanol–water partition coefficient (Wildman–Crippen LogP) is 4.57. The van der Waals surface area contributed by atoms with Crippen LogP contribution < -0.4 is 29.6 Å². The number of sulfonamides is 1. The molecule has 0 spiro atoms. The van der Waals surface area contributed by atoms with E-state index in [1.54, 1.807) is 40.0 Å². The molecular formula is C43H51N5O10S. The normalized spacial score (nSPS) is 25.2. The van der Waals surface area contributed by atoms with Gasteiger partial charge < -0.3 is 34.5 Å². The van der Waals surface area contributed by atoms with Gasteiger partial charge in [-0.1, -0.05) is 63.3 Å². The van der Waals surface area contributed by atoms with Gasteiger partial charge in [-0.05, 0) is 55.2 Å². The maximum atomic E-state index is 14.8. The van der Waals surface area contributed by atoms with E-state index in [9.17, 15) is 27.6 Å². The van der Waals surface area contributed by atoms with E-state index in [2.05, 4.69) is 21.9 Å². The van der Waals surface area contributed by atoms with Crippen LogP contribution in [0, 0.1) is 11.3 Å². The lowest BCUT2D eigenvalue weighted by Crippen LogP contribution is -2.60. The van der Waals surface area contributed by atoms with Gasteiger partial charge in [0.25, 0.3) is 5.91 Å². The van der Waals surface area contributed by atoms with Crippen LogP contribution in [0.1, 0.15) is 70.1 Å². The quantitative estimate of drug-likeness (QED) is 0.256. The standard InChI is InChI=1S/C43H51N5O10S/c1-7-28-22-43(28,40(51)47-59(53,54)30-16-17-30)46-38(49)33-19-29-23-48(33)39(50)37(42(3,4)5)45-41(52)57-24-26-14-12-25(13-15-26)10-9-11-27-18-31-32(20-34(27)55-6)44-36(56-8-2)21-35(31)58-29/h7,9,11-15,18,20-21,28-30,33,37H,1,8,10,16-17,19,22-24H2,2-6H3,(H,45,52)(H,46,49)(H,47,51)/b11-9+/t28-,29-,33+,37-,43-/m1/s1. The van der Waals surface area contributed by atoms with Crippen molar-refractivity contribution in [1.29, 1.82) is 0 Å². The number of fused-ring (bicyclic) bond motifs is 8. The third-order valence-corrected chi connectivity index (χ3v) is 13.0. The molecule has 5 aliphatic rings. The van der Waals surface area contributed by atoms with Crippen LogP contribution in [0.2, 0.25) is 0 Å². The Morgan fingerprint density at radius 1 is 1.12 bits per heavy atom. The van der Waals surface area contributed by atoms with Gasteiger partial charge >= 0.3 is 6.09 Å². The van der Waals surface area contributed by atoms with E-state index in [1.807, 2.05) is 49.4 Å². The second kappa shape index (κ2) is 16.2. The van der Waals surface area contributed by atoms with Gasteiger partial charge in [-0.3, -0.25) is 19.1 Å². The third kappa shape index (κ3) is 8.87. The van der Waals surface area contributed by atoms with Crippen molar-refractivity contribution in [2.24, 2.45) is 11.3 Å². The van der Waals surface area contributed by atoms with Gasteiger partial charge in [0, 0.05) is 35.4 Å². The Hall–Kier alpha value is -5.64. The van der Waals surface area contributed by atoms with Crippen molar-refractivity contribution in [3.63, 3.8) is 0 Å². The highest BCUT2D eigenvalue weighted by atomic mass is 32.2. The number of aromatic nitrogens is 1. The molecule has 3 aromatic rings. The van der Waals surface area contributed by atoms with Crippen LogP contribution in [0.15, 0.2) is 61.2 Å². The van der Waals surface area contributed by atoms with Crippen LogP contribution >= 0.6 is 0 Å². The van der Waals surface area contributed by atoms with Gasteiger partial charge in [0.1, 0.15) is 41.8 Å². The molecule has 3 aliphatic heterocycles. The van der Waals surface area contributed by atoms with Gasteiger partial charge in [-0.2, -0.15) is 0 Å². The second-order valence-corrected chi connectivity index (χ2v) is 18.6. The van der Waals surface area contributed by atoms with Crippen molar-refractivity contribution in [2.75, 3.05) is 20.3 Å². The van der Waals surface area contributed by atoms with E-state index in [0.29, 0.717) is 54.2 Å². The number of hydrogen-bond acceptors (Lipinski definition) is 11. The highest BCUT2D eigenvalue weighted by Gasteiger charge is 2.62. The Morgan fingerprint density at radius 3 is 2.49 bits per heavy atom. The third-order valence-electron chi connectivity index (χ3n) is 11.2. The van der Waals surface area contributed by atoms with Crippen molar-refractivity contribution in [3.05, 3.63) is 77.9 Å². The largest absolute Gasteiger partial charge is 0.496 e. The molecule has 1 aromatic heterocycles. The highest BCUT2D eigenvalue weighted by molar-refractivity contribution is 7.91. The van der Waals surface area contributed by atoms with Crippen molar-refractivity contribution < 1.29 is 46.5 Å². The highest BCUT2D eigenvalue weighted by Crippen LogP contribution is 2.46. The number of methoxy groups -OCH3 is 1. The lowest BCUT2D eigenvalue weighted by molar-refractivity contribution is -0.142. The molecule has 4 amide bonds. The predicted molar refractivity (Wildman–Crippen MR) is 219 cm³/mol. The Balaban J connectivity index is 1.28. The second-order valence-electron chi connectivity index (χ2n) is 16.6. The fourth-order valence-electron chi connectivity index (χ4n) is 7.63. The summed E-state index contributed by atoms with van der Waals surface area (Å²) in [5.74, 6) is -1.41. The molecule has 6 bridgehead atoms. The number of carbonyl (C=O) groups is 4. The first-order valence-electron chi connectivity index (χ1n) is 19.9. The van der Waals surface area contributed by atoms with Gasteiger partial charge in [0.15, 0.2) is 0 Å². The summed E-state index contributed by atoms with van der Waals surface area (Å²) in [4.78, 5) is 62.3. The lowest BCUT2D eigenvalue weighted by atomic mass is 9.85. The summed E-state index contributed by atoms with van der Waals surface area (Å²) < 4.78 is 51.6. The van der Waals surface area contributed by atoms with Crippen LogP contribution in [-0.4, -0.2) is 91.4 Å². The molecular weight excluding hydrogens is 779 g/mol. The molecule has 2 aromatic carbocycles. The number of allylic oxidation sites excluding steroid dienone is 1. The monoisotopic (exact) mass is 829 g/mol. The summed E-state index contributed by atoms with van der Waals surface area (Å²) in [5, 5.41) is 5.53. The first kappa shape index (κ1) is 41.5. The van der Waals surface area contributed by atoms with Gasteiger partial charge in [0.05, 0.1) is 31.0 Å². The van der Waals surface area contributed by atoms with Crippen molar-refractivity contribution in [1.82, 2.24) is 25.2 Å². The van der Waals surface area contributed by atoms with Crippen molar-refractivity contribution in [3.8, 4) is 17.4 Å². The summed E-state index contributed by atoms with van der Waals surface area (Å²) in [5.41, 5.74) is 0.632. The SMILES string of the molecule is C=C[C@@H]1C[C@]1(NC(=O)[C@@H]1C[C@@H]2CN1C(=O)[C@H](C(C)(C)C)NC(=O)OCc1ccc(cc1)C/C=C/c1cc3c(cc(OCC)nc3cc1OC)O2)C(=O)NS(=O)(=O)C1CC1. The average Bonchev–Trinajstić information content (AvgIpc) is 4.12. The molecule has 314 valence electrons. The number of pyridine rings is 1. The topological polar surface area (TPSA) is 192 Å². The minimum absolute atomic E-state index is 0.0119. The summed E-state index contributed by atoms with van der Waals surface area (Å²) >= 11 is 0. The molecule has 3 N–H and O–H groups in total. The zero-order chi connectivity index (χ0) is 42.3. The Kier molecular flexibility index (Phi) is 11.4. The maximum absolute atomic E-state index is 14.8. The van der Waals surface area contributed by atoms with E-state index in [-0.39, 0.29) is 26.0 Å². The minimum atomic E-state index is -3.93. The van der Waals surface area contributed by atoms with E-state index >= 15 is 0 Å². The van der Waals surface area contributed by atoms with E-state index < -0.39 is 74.1 Å². The first-order chi connectivity index (χ1) is 28.0. The number of carbonyl (C=O) groups excluding carboxylic acids is 4. The van der Waals surface area contributed by atoms with Crippen LogP contribution in [0.25, 0.3) is 17.0 Å². The summed E-state index contributed by atoms with van der Waals surface area (Å²) in [6.07, 6.45) is 5.47. The lowest BCUT2D eigenvalue weighted by Gasteiger charge is -2.35. The number of rotatable bonds is 9. The number of alkyl carbamates (subject to hydrolysis) is 1. The number of hydrogen-bond donors (Lipinski definition) is 3. The smallest absolute Gasteiger partial charge is 0.408 e. The Labute approximate surface area is 343 Å². The minimum Gasteiger partial charge on any atom is -0.496 e. The van der Waals surface area contributed by atoms with Gasteiger partial charge in [-0.25, -0.2) is 18.2 Å². The van der Waals surface area contributed by atoms with E-state index in [0.717, 1.165) is 16.7 Å². The van der Waals surface area contributed by atoms with E-state index in [4.69, 9.17) is 23.9 Å². The maximum Gasteiger partial charge on any atom is 0.408 e. The van der Waals surface area contributed by atoms with Crippen LogP contribution in [0.3, 0.4) is 0 Å². The number of nitrogens with zero attached hydrogens (tertiary/aromatic N) is 2. The zero-order valence-corrected chi connectivity index (χ0v) is 34.7. The molecule has 1 saturated heterocycles. The van der Waals surface area contributed by atoms with Gasteiger partial charge in [0.2, 0.25) is 27.7 Å². The molecule has 8 rings (SSSR count). The first-order valence-corrected chi connectivity index (χ1v) is 21.4. The van der Waals surface area contributed by atoms with Crippen LogP contribution in [0.5, 0.6) is 17.4 Å². The van der Waals surface area contributed by atoms with Crippen LogP contribution in [0.4, 0.5) is 4.79 Å². The summed E-state index contributed by atoms with van der Waals surface area (Å²) in [6, 6.07) is 10.6. The molecule has 16 heteroatoms. The van der Waals surface area contributed by atoms with E-state index in [1.165, 1.54) is 11.0 Å². The molecule has 4 heterocycles. The molecule has 2 saturated carbocycles. The van der Waals surface area contributed by atoms with Crippen LogP contribution in [-0.2, 0) is 42.2 Å². The molecule has 0 unspecified atom stereocenters. The summed E-state index contributed by atoms with van der Waals surface area (Å²) in [6.45, 7) is 11.2. The molecule has 15 nitrogen and oxygen atoms in total. The number of nitrogens with one attached hydrogen (secondary N) is 3. The van der Waals surface area contributed by atoms with Gasteiger partial charge in [-0.15, -0.1) is 6.58 Å². The molecule has 3 fully saturated rings. The van der Waals surface area contributed by atoms with Crippen molar-refractivity contribution in [2.45, 2.75) is 95.4 Å². The number of ether oxygens (including phenoxy) is 4. The Morgan fingerprint density at radius 2 is 1.85 bits per heavy atom. The fourth-order valence-corrected chi connectivity index (χ4v) is 9.00. The zero-order valence-electron chi connectivity index (χ0n) is 33.9. The number of amides is 4. The molecule has 2 aliphatic carbocycles. The molecule has 5 atom stereocenters. The Bertz CT molecular complexity index is 2300.